The van der Waals surface area contributed by atoms with Crippen molar-refractivity contribution in [2.75, 3.05) is 5.32 Å². The van der Waals surface area contributed by atoms with E-state index in [2.05, 4.69) is 10.3 Å². The van der Waals surface area contributed by atoms with Crippen molar-refractivity contribution in [2.24, 2.45) is 11.5 Å². The van der Waals surface area contributed by atoms with Gasteiger partial charge in [0.15, 0.2) is 0 Å². The van der Waals surface area contributed by atoms with E-state index < -0.39 is 23.1 Å². The first-order valence-corrected chi connectivity index (χ1v) is 11.6. The van der Waals surface area contributed by atoms with Crippen molar-refractivity contribution in [1.82, 2.24) is 4.98 Å². The number of rotatable bonds is 6. The van der Waals surface area contributed by atoms with Gasteiger partial charge in [0, 0.05) is 29.4 Å². The lowest BCUT2D eigenvalue weighted by Gasteiger charge is -2.14. The second-order valence-electron chi connectivity index (χ2n) is 9.19. The molecule has 0 unspecified atom stereocenters. The van der Waals surface area contributed by atoms with Gasteiger partial charge < -0.3 is 16.8 Å². The fourth-order valence-corrected chi connectivity index (χ4v) is 4.47. The van der Waals surface area contributed by atoms with Crippen molar-refractivity contribution in [3.05, 3.63) is 95.3 Å². The van der Waals surface area contributed by atoms with E-state index in [0.29, 0.717) is 24.2 Å². The second-order valence-corrected chi connectivity index (χ2v) is 9.19. The lowest BCUT2D eigenvalue weighted by Crippen LogP contribution is -2.29. The first kappa shape index (κ1) is 24.5. The summed E-state index contributed by atoms with van der Waals surface area (Å²) < 4.78 is 39.1. The highest BCUT2D eigenvalue weighted by atomic mass is 19.4. The Balaban J connectivity index is 1.45. The van der Waals surface area contributed by atoms with Gasteiger partial charge in [-0.1, -0.05) is 24.3 Å². The third-order valence-electron chi connectivity index (χ3n) is 6.78. The van der Waals surface area contributed by atoms with Crippen LogP contribution >= 0.6 is 0 Å². The molecule has 9 heteroatoms. The van der Waals surface area contributed by atoms with Gasteiger partial charge in [0.2, 0.25) is 5.91 Å². The summed E-state index contributed by atoms with van der Waals surface area (Å²) in [6.45, 7) is 0.244. The molecule has 6 nitrogen and oxygen atoms in total. The Labute approximate surface area is 210 Å². The molecule has 0 atom stereocenters. The number of hydrogen-bond donors (Lipinski definition) is 3. The van der Waals surface area contributed by atoms with Crippen LogP contribution < -0.4 is 16.8 Å². The molecule has 0 bridgehead atoms. The number of fused-ring (bicyclic) bond motifs is 1. The molecule has 0 radical (unpaired) electrons. The molecule has 1 fully saturated rings. The van der Waals surface area contributed by atoms with Gasteiger partial charge in [0.1, 0.15) is 0 Å². The van der Waals surface area contributed by atoms with Crippen LogP contribution in [-0.4, -0.2) is 16.8 Å². The Kier molecular flexibility index (Phi) is 5.95. The fourth-order valence-electron chi connectivity index (χ4n) is 4.47. The molecule has 1 aliphatic carbocycles. The number of hydrogen-bond acceptors (Lipinski definition) is 4. The summed E-state index contributed by atoms with van der Waals surface area (Å²) in [7, 11) is 0. The molecule has 188 valence electrons. The predicted octanol–water partition coefficient (Wildman–Crippen LogP) is 5.15. The van der Waals surface area contributed by atoms with Crippen molar-refractivity contribution in [3.8, 4) is 11.1 Å². The zero-order valence-electron chi connectivity index (χ0n) is 19.6. The highest BCUT2D eigenvalue weighted by molar-refractivity contribution is 6.04. The van der Waals surface area contributed by atoms with Crippen molar-refractivity contribution in [2.45, 2.75) is 31.0 Å². The van der Waals surface area contributed by atoms with Gasteiger partial charge in [-0.2, -0.15) is 13.2 Å². The maximum absolute atomic E-state index is 13.0. The van der Waals surface area contributed by atoms with E-state index in [1.807, 2.05) is 24.3 Å². The van der Waals surface area contributed by atoms with Crippen molar-refractivity contribution in [1.29, 1.82) is 0 Å². The number of halogens is 3. The summed E-state index contributed by atoms with van der Waals surface area (Å²) in [6, 6.07) is 17.1. The molecule has 37 heavy (non-hydrogen) atoms. The van der Waals surface area contributed by atoms with Gasteiger partial charge in [0.25, 0.3) is 5.91 Å². The zero-order valence-corrected chi connectivity index (χ0v) is 19.6. The number of nitrogens with one attached hydrogen (secondary N) is 1. The average molecular weight is 505 g/mol. The lowest BCUT2D eigenvalue weighted by molar-refractivity contribution is -0.137. The lowest BCUT2D eigenvalue weighted by atomic mass is 9.95. The smallest absolute Gasteiger partial charge is 0.369 e. The van der Waals surface area contributed by atoms with Crippen LogP contribution in [-0.2, 0) is 22.9 Å². The van der Waals surface area contributed by atoms with E-state index in [9.17, 15) is 22.8 Å². The van der Waals surface area contributed by atoms with E-state index >= 15 is 0 Å². The molecular weight excluding hydrogens is 481 g/mol. The second kappa shape index (κ2) is 9.01. The number of pyridine rings is 1. The van der Waals surface area contributed by atoms with Crippen LogP contribution in [0.25, 0.3) is 21.9 Å². The Morgan fingerprint density at radius 1 is 0.973 bits per heavy atom. The van der Waals surface area contributed by atoms with E-state index in [4.69, 9.17) is 11.5 Å². The van der Waals surface area contributed by atoms with Crippen LogP contribution in [0.4, 0.5) is 18.9 Å². The number of nitrogens with two attached hydrogens (primary N) is 2. The highest BCUT2D eigenvalue weighted by Gasteiger charge is 2.51. The highest BCUT2D eigenvalue weighted by Crippen LogP contribution is 2.47. The van der Waals surface area contributed by atoms with E-state index in [0.717, 1.165) is 39.6 Å². The number of nitrogens with zero attached hydrogens (tertiary/aromatic N) is 1. The van der Waals surface area contributed by atoms with Crippen LogP contribution in [0.3, 0.4) is 0 Å². The number of anilines is 1. The number of primary amides is 1. The van der Waals surface area contributed by atoms with Gasteiger partial charge in [-0.15, -0.1) is 0 Å². The standard InChI is InChI=1S/C28H23F3N4O2/c29-28(30,31)21-3-1-2-18(11-21)25(36)35-22-7-6-19(14-32)23(13-22)17-5-4-16-12-24(34-15-20(16)10-17)27(8-9-27)26(33)37/h1-7,10-13,15H,8-9,14,32H2,(H2,33,37)(H,35,36). The molecular formula is C28H23F3N4O2. The van der Waals surface area contributed by atoms with Crippen LogP contribution in [0.2, 0.25) is 0 Å². The minimum atomic E-state index is -4.54. The number of benzene rings is 3. The third kappa shape index (κ3) is 4.65. The van der Waals surface area contributed by atoms with E-state index in [1.165, 1.54) is 12.1 Å². The van der Waals surface area contributed by atoms with Crippen LogP contribution in [0.5, 0.6) is 0 Å². The van der Waals surface area contributed by atoms with Crippen LogP contribution in [0.1, 0.15) is 40.0 Å². The minimum absolute atomic E-state index is 0.101. The summed E-state index contributed by atoms with van der Waals surface area (Å²) >= 11 is 0. The number of carbonyl (C=O) groups is 2. The van der Waals surface area contributed by atoms with E-state index in [1.54, 1.807) is 24.4 Å². The molecule has 1 saturated carbocycles. The zero-order chi connectivity index (χ0) is 26.4. The van der Waals surface area contributed by atoms with Crippen molar-refractivity contribution >= 4 is 28.3 Å². The SMILES string of the molecule is NCc1ccc(NC(=O)c2cccc(C(F)(F)F)c2)cc1-c1ccc2cc(C3(C(N)=O)CC3)ncc2c1. The molecule has 5 rings (SSSR count). The molecule has 2 amide bonds. The molecule has 0 saturated heterocycles. The first-order chi connectivity index (χ1) is 17.6. The summed E-state index contributed by atoms with van der Waals surface area (Å²) in [5, 5.41) is 4.43. The maximum Gasteiger partial charge on any atom is 0.416 e. The van der Waals surface area contributed by atoms with Gasteiger partial charge in [-0.05, 0) is 77.4 Å². The van der Waals surface area contributed by atoms with E-state index in [-0.39, 0.29) is 18.0 Å². The Bertz CT molecular complexity index is 1540. The molecule has 1 aliphatic rings. The summed E-state index contributed by atoms with van der Waals surface area (Å²) in [5.41, 5.74) is 13.4. The molecule has 0 aliphatic heterocycles. The minimum Gasteiger partial charge on any atom is -0.369 e. The molecule has 1 heterocycles. The van der Waals surface area contributed by atoms with Crippen molar-refractivity contribution < 1.29 is 22.8 Å². The number of aromatic nitrogens is 1. The van der Waals surface area contributed by atoms with Gasteiger partial charge in [0.05, 0.1) is 16.7 Å². The molecule has 4 aromatic rings. The van der Waals surface area contributed by atoms with Crippen LogP contribution in [0, 0.1) is 0 Å². The maximum atomic E-state index is 13.0. The summed E-state index contributed by atoms with van der Waals surface area (Å²) in [4.78, 5) is 29.1. The third-order valence-corrected chi connectivity index (χ3v) is 6.78. The quantitative estimate of drug-likeness (QED) is 0.337. The Morgan fingerprint density at radius 3 is 2.43 bits per heavy atom. The van der Waals surface area contributed by atoms with Gasteiger partial charge in [-0.3, -0.25) is 14.6 Å². The first-order valence-electron chi connectivity index (χ1n) is 11.6. The molecule has 0 spiro atoms. The Morgan fingerprint density at radius 2 is 1.76 bits per heavy atom. The predicted molar refractivity (Wildman–Crippen MR) is 135 cm³/mol. The van der Waals surface area contributed by atoms with Gasteiger partial charge in [-0.25, -0.2) is 0 Å². The topological polar surface area (TPSA) is 111 Å². The van der Waals surface area contributed by atoms with Gasteiger partial charge >= 0.3 is 6.18 Å². The van der Waals surface area contributed by atoms with Crippen molar-refractivity contribution in [3.63, 3.8) is 0 Å². The van der Waals surface area contributed by atoms with Crippen LogP contribution in [0.15, 0.2) is 72.9 Å². The number of alkyl halides is 3. The normalized spacial score (nSPS) is 14.4. The molecule has 5 N–H and O–H groups in total. The number of amides is 2. The number of carbonyl (C=O) groups excluding carboxylic acids is 2. The molecule has 3 aromatic carbocycles. The largest absolute Gasteiger partial charge is 0.416 e. The summed E-state index contributed by atoms with van der Waals surface area (Å²) in [5.74, 6) is -1.02. The average Bonchev–Trinajstić information content (AvgIpc) is 3.70. The fraction of sp³-hybridized carbons (Fsp3) is 0.179. The summed E-state index contributed by atoms with van der Waals surface area (Å²) in [6.07, 6.45) is -1.45. The monoisotopic (exact) mass is 504 g/mol. The Hall–Kier alpha value is -4.24. The molecule has 1 aromatic heterocycles.